The summed E-state index contributed by atoms with van der Waals surface area (Å²) in [6, 6.07) is -0.780. The topological polar surface area (TPSA) is 66.4 Å². The summed E-state index contributed by atoms with van der Waals surface area (Å²) < 4.78 is 0. The molecule has 0 spiro atoms. The summed E-state index contributed by atoms with van der Waals surface area (Å²) in [6.45, 7) is 5.49. The van der Waals surface area contributed by atoms with Crippen molar-refractivity contribution in [2.45, 2.75) is 38.5 Å². The second-order valence-electron chi connectivity index (χ2n) is 3.59. The number of carboxylic acid groups (broad SMARTS) is 1. The van der Waals surface area contributed by atoms with Crippen molar-refractivity contribution in [3.63, 3.8) is 0 Å². The highest BCUT2D eigenvalue weighted by molar-refractivity contribution is 7.99. The largest absolute Gasteiger partial charge is 0.480 e. The van der Waals surface area contributed by atoms with Crippen molar-refractivity contribution in [2.75, 3.05) is 6.26 Å². The van der Waals surface area contributed by atoms with Gasteiger partial charge in [0, 0.05) is 0 Å². The zero-order valence-corrected chi connectivity index (χ0v) is 10.4. The number of hydrogen-bond donors (Lipinski definition) is 2. The zero-order chi connectivity index (χ0) is 12.0. The lowest BCUT2D eigenvalue weighted by Gasteiger charge is -2.21. The maximum atomic E-state index is 11.5. The van der Waals surface area contributed by atoms with Crippen LogP contribution in [0.3, 0.4) is 0 Å². The Bertz CT molecular complexity index is 233. The monoisotopic (exact) mass is 233 g/mol. The van der Waals surface area contributed by atoms with Crippen LogP contribution in [0, 0.1) is 5.92 Å². The molecule has 0 aliphatic heterocycles. The average Bonchev–Trinajstić information content (AvgIpc) is 2.22. The lowest BCUT2D eigenvalue weighted by molar-refractivity contribution is -0.143. The molecular formula is C10H19NO3S. The molecule has 0 fully saturated rings. The molecule has 0 heterocycles. The molecule has 1 unspecified atom stereocenters. The van der Waals surface area contributed by atoms with Crippen molar-refractivity contribution in [3.8, 4) is 0 Å². The molecule has 4 nitrogen and oxygen atoms in total. The summed E-state index contributed by atoms with van der Waals surface area (Å²) in [4.78, 5) is 22.4. The second-order valence-corrected chi connectivity index (χ2v) is 4.77. The molecule has 1 amide bonds. The van der Waals surface area contributed by atoms with Gasteiger partial charge in [-0.15, -0.1) is 0 Å². The molecule has 0 rings (SSSR count). The Morgan fingerprint density at radius 3 is 2.27 bits per heavy atom. The number of carboxylic acids is 1. The predicted molar refractivity (Wildman–Crippen MR) is 62.0 cm³/mol. The summed E-state index contributed by atoms with van der Waals surface area (Å²) in [6.07, 6.45) is 2.55. The quantitative estimate of drug-likeness (QED) is 0.727. The van der Waals surface area contributed by atoms with Crippen LogP contribution >= 0.6 is 11.8 Å². The van der Waals surface area contributed by atoms with Crippen molar-refractivity contribution >= 4 is 23.6 Å². The number of carbonyl (C=O) groups is 2. The highest BCUT2D eigenvalue weighted by atomic mass is 32.2. The third-order valence-corrected chi connectivity index (χ3v) is 3.42. The normalized spacial score (nSPS) is 16.5. The number of rotatable bonds is 6. The fourth-order valence-corrected chi connectivity index (χ4v) is 1.34. The molecule has 0 saturated heterocycles. The van der Waals surface area contributed by atoms with Crippen LogP contribution in [0.1, 0.15) is 27.2 Å². The molecule has 0 aromatic heterocycles. The van der Waals surface area contributed by atoms with Crippen molar-refractivity contribution < 1.29 is 14.7 Å². The Kier molecular flexibility index (Phi) is 6.40. The van der Waals surface area contributed by atoms with E-state index in [1.165, 1.54) is 11.8 Å². The molecule has 0 bridgehead atoms. The number of aliphatic carboxylic acids is 1. The SMILES string of the molecule is CC[C@H](C)[C@H](NC(=O)C(C)SC)C(=O)O. The summed E-state index contributed by atoms with van der Waals surface area (Å²) in [5.74, 6) is -1.23. The average molecular weight is 233 g/mol. The van der Waals surface area contributed by atoms with Crippen molar-refractivity contribution in [1.29, 1.82) is 0 Å². The van der Waals surface area contributed by atoms with Gasteiger partial charge in [0.15, 0.2) is 0 Å². The van der Waals surface area contributed by atoms with Gasteiger partial charge in [0.1, 0.15) is 6.04 Å². The third-order valence-electron chi connectivity index (χ3n) is 2.50. The Hall–Kier alpha value is -0.710. The minimum absolute atomic E-state index is 0.0551. The lowest BCUT2D eigenvalue weighted by Crippen LogP contribution is -2.47. The van der Waals surface area contributed by atoms with E-state index in [4.69, 9.17) is 5.11 Å². The van der Waals surface area contributed by atoms with Crippen molar-refractivity contribution in [3.05, 3.63) is 0 Å². The highest BCUT2D eigenvalue weighted by Gasteiger charge is 2.26. The molecule has 5 heteroatoms. The molecule has 0 radical (unpaired) electrons. The molecule has 3 atom stereocenters. The minimum atomic E-state index is -0.967. The van der Waals surface area contributed by atoms with Gasteiger partial charge in [0.2, 0.25) is 5.91 Å². The van der Waals surface area contributed by atoms with Crippen LogP contribution in [0.15, 0.2) is 0 Å². The van der Waals surface area contributed by atoms with Gasteiger partial charge in [-0.05, 0) is 19.1 Å². The van der Waals surface area contributed by atoms with E-state index < -0.39 is 12.0 Å². The smallest absolute Gasteiger partial charge is 0.326 e. The standard InChI is InChI=1S/C10H19NO3S/c1-5-6(2)8(10(13)14)11-9(12)7(3)15-4/h6-8H,5H2,1-4H3,(H,11,12)(H,13,14)/t6-,7?,8-/m0/s1. The van der Waals surface area contributed by atoms with E-state index in [9.17, 15) is 9.59 Å². The van der Waals surface area contributed by atoms with Gasteiger partial charge in [0.05, 0.1) is 5.25 Å². The molecular weight excluding hydrogens is 214 g/mol. The van der Waals surface area contributed by atoms with Gasteiger partial charge in [-0.3, -0.25) is 4.79 Å². The van der Waals surface area contributed by atoms with E-state index in [0.29, 0.717) is 0 Å². The molecule has 0 aliphatic carbocycles. The van der Waals surface area contributed by atoms with E-state index in [-0.39, 0.29) is 17.1 Å². The van der Waals surface area contributed by atoms with E-state index in [1.807, 2.05) is 20.1 Å². The molecule has 0 aromatic carbocycles. The van der Waals surface area contributed by atoms with Gasteiger partial charge in [-0.25, -0.2) is 4.79 Å². The maximum absolute atomic E-state index is 11.5. The van der Waals surface area contributed by atoms with E-state index >= 15 is 0 Å². The van der Waals surface area contributed by atoms with E-state index in [2.05, 4.69) is 5.32 Å². The second kappa shape index (κ2) is 6.71. The van der Waals surface area contributed by atoms with Crippen LogP contribution in [-0.4, -0.2) is 34.5 Å². The Morgan fingerprint density at radius 2 is 1.93 bits per heavy atom. The molecule has 88 valence electrons. The van der Waals surface area contributed by atoms with Crippen LogP contribution < -0.4 is 5.32 Å². The van der Waals surface area contributed by atoms with Crippen LogP contribution in [0.4, 0.5) is 0 Å². The van der Waals surface area contributed by atoms with E-state index in [0.717, 1.165) is 6.42 Å². The number of thioether (sulfide) groups is 1. The van der Waals surface area contributed by atoms with Crippen molar-refractivity contribution in [1.82, 2.24) is 5.32 Å². The maximum Gasteiger partial charge on any atom is 0.326 e. The van der Waals surface area contributed by atoms with Crippen LogP contribution in [0.2, 0.25) is 0 Å². The number of carbonyl (C=O) groups excluding carboxylic acids is 1. The van der Waals surface area contributed by atoms with Gasteiger partial charge >= 0.3 is 5.97 Å². The summed E-state index contributed by atoms with van der Waals surface area (Å²) in [5, 5.41) is 11.3. The van der Waals surface area contributed by atoms with Gasteiger partial charge < -0.3 is 10.4 Å². The molecule has 15 heavy (non-hydrogen) atoms. The van der Waals surface area contributed by atoms with Crippen LogP contribution in [0.25, 0.3) is 0 Å². The predicted octanol–water partition coefficient (Wildman–Crippen LogP) is 1.35. The Balaban J connectivity index is 4.42. The summed E-state index contributed by atoms with van der Waals surface area (Å²) in [7, 11) is 0. The first-order valence-electron chi connectivity index (χ1n) is 5.00. The molecule has 0 aromatic rings. The third kappa shape index (κ3) is 4.55. The molecule has 2 N–H and O–H groups in total. The first-order chi connectivity index (χ1) is 6.93. The van der Waals surface area contributed by atoms with Gasteiger partial charge in [-0.2, -0.15) is 11.8 Å². The van der Waals surface area contributed by atoms with Crippen molar-refractivity contribution in [2.24, 2.45) is 5.92 Å². The first-order valence-corrected chi connectivity index (χ1v) is 6.28. The van der Waals surface area contributed by atoms with Crippen LogP contribution in [0.5, 0.6) is 0 Å². The number of amides is 1. The van der Waals surface area contributed by atoms with Gasteiger partial charge in [-0.1, -0.05) is 20.3 Å². The number of hydrogen-bond acceptors (Lipinski definition) is 3. The lowest BCUT2D eigenvalue weighted by atomic mass is 9.99. The van der Waals surface area contributed by atoms with Gasteiger partial charge in [0.25, 0.3) is 0 Å². The highest BCUT2D eigenvalue weighted by Crippen LogP contribution is 2.10. The number of nitrogens with one attached hydrogen (secondary N) is 1. The minimum Gasteiger partial charge on any atom is -0.480 e. The molecule has 0 aliphatic rings. The molecule has 0 saturated carbocycles. The first kappa shape index (κ1) is 14.3. The Morgan fingerprint density at radius 1 is 1.40 bits per heavy atom. The van der Waals surface area contributed by atoms with Crippen LogP contribution in [-0.2, 0) is 9.59 Å². The summed E-state index contributed by atoms with van der Waals surface area (Å²) in [5.41, 5.74) is 0. The zero-order valence-electron chi connectivity index (χ0n) is 9.61. The fourth-order valence-electron chi connectivity index (χ4n) is 1.06. The van der Waals surface area contributed by atoms with E-state index in [1.54, 1.807) is 6.92 Å². The Labute approximate surface area is 94.8 Å². The summed E-state index contributed by atoms with van der Waals surface area (Å²) >= 11 is 1.40. The fraction of sp³-hybridized carbons (Fsp3) is 0.800.